The third kappa shape index (κ3) is 7.48. The first kappa shape index (κ1) is 29.7. The van der Waals surface area contributed by atoms with Crippen molar-refractivity contribution in [2.45, 2.75) is 37.8 Å². The molecule has 1 atom stereocenters. The summed E-state index contributed by atoms with van der Waals surface area (Å²) in [5.74, 6) is -6.21. The van der Waals surface area contributed by atoms with E-state index in [0.717, 1.165) is 12.3 Å². The summed E-state index contributed by atoms with van der Waals surface area (Å²) in [7, 11) is -7.73. The Balaban J connectivity index is 1.78. The minimum absolute atomic E-state index is 0.00146. The molecule has 1 saturated carbocycles. The highest BCUT2D eigenvalue weighted by atomic mass is 32.2. The number of ether oxygens (including phenoxy) is 1. The monoisotopic (exact) mass is 603 g/mol. The number of benzene rings is 1. The number of hydrogen-bond acceptors (Lipinski definition) is 9. The van der Waals surface area contributed by atoms with E-state index in [2.05, 4.69) is 20.0 Å². The molecule has 2 aromatic rings. The van der Waals surface area contributed by atoms with Gasteiger partial charge in [-0.1, -0.05) is 18.2 Å². The molecule has 0 radical (unpaired) electrons. The van der Waals surface area contributed by atoms with Crippen LogP contribution >= 0.6 is 0 Å². The van der Waals surface area contributed by atoms with E-state index in [9.17, 15) is 34.8 Å². The molecule has 1 aromatic carbocycles. The summed E-state index contributed by atoms with van der Waals surface area (Å²) in [6.07, 6.45) is 3.66. The third-order valence-electron chi connectivity index (χ3n) is 6.09. The molecule has 2 aliphatic rings. The predicted octanol–water partition coefficient (Wildman–Crippen LogP) is 2.48. The van der Waals surface area contributed by atoms with Crippen LogP contribution in [-0.4, -0.2) is 70.4 Å². The van der Waals surface area contributed by atoms with E-state index in [1.165, 1.54) is 17.0 Å². The number of carbonyl (C=O) groups excluding carboxylic acids is 1. The number of anilines is 1. The van der Waals surface area contributed by atoms with Gasteiger partial charge >= 0.3 is 5.92 Å². The first-order valence-corrected chi connectivity index (χ1v) is 15.9. The Hall–Kier alpha value is -3.24. The quantitative estimate of drug-likeness (QED) is 0.395. The van der Waals surface area contributed by atoms with E-state index in [0.29, 0.717) is 26.0 Å². The molecule has 2 N–H and O–H groups in total. The zero-order chi connectivity index (χ0) is 29.5. The fourth-order valence-electron chi connectivity index (χ4n) is 3.99. The van der Waals surface area contributed by atoms with Crippen LogP contribution < -0.4 is 19.7 Å². The average molecular weight is 604 g/mol. The second-order valence-corrected chi connectivity index (χ2v) is 13.6. The maximum absolute atomic E-state index is 14.5. The molecule has 0 bridgehead atoms. The van der Waals surface area contributed by atoms with Gasteiger partial charge in [-0.3, -0.25) is 4.79 Å². The van der Waals surface area contributed by atoms with Crippen molar-refractivity contribution in [2.75, 3.05) is 30.5 Å². The lowest BCUT2D eigenvalue weighted by atomic mass is 10.1. The second-order valence-electron chi connectivity index (χ2n) is 9.93. The van der Waals surface area contributed by atoms with Gasteiger partial charge in [-0.15, -0.1) is 0 Å². The smallest absolute Gasteiger partial charge is 0.304 e. The van der Waals surface area contributed by atoms with Gasteiger partial charge in [0, 0.05) is 26.3 Å². The van der Waals surface area contributed by atoms with Crippen LogP contribution in [0, 0.1) is 5.92 Å². The van der Waals surface area contributed by atoms with Crippen molar-refractivity contribution in [3.63, 3.8) is 0 Å². The summed E-state index contributed by atoms with van der Waals surface area (Å²) in [5.41, 5.74) is -0.353. The van der Waals surface area contributed by atoms with Crippen molar-refractivity contribution < 1.29 is 39.5 Å². The van der Waals surface area contributed by atoms with Crippen LogP contribution in [0.3, 0.4) is 0 Å². The number of alkyl halides is 2. The number of para-hydroxylation sites is 1. The molecule has 4 rings (SSSR count). The zero-order valence-corrected chi connectivity index (χ0v) is 23.4. The number of aromatic nitrogens is 2. The number of carbonyl (C=O) groups is 1. The second kappa shape index (κ2) is 11.0. The largest absolute Gasteiger partial charge is 0.438 e. The van der Waals surface area contributed by atoms with Crippen molar-refractivity contribution in [3.8, 4) is 11.6 Å². The Morgan fingerprint density at radius 2 is 1.75 bits per heavy atom. The summed E-state index contributed by atoms with van der Waals surface area (Å²) >= 11 is 0. The van der Waals surface area contributed by atoms with Crippen LogP contribution in [0.15, 0.2) is 41.6 Å². The SMILES string of the molecule is CC(F)(F)c1nc(Oc2ccccc2)c(C(=O)NC(/C=C(\F)S(C)(=O)=O)C2CC2)c(N2CC(NS(C)(=O)=O)C2)n1. The zero-order valence-electron chi connectivity index (χ0n) is 21.8. The van der Waals surface area contributed by atoms with Gasteiger partial charge in [-0.2, -0.15) is 18.2 Å². The van der Waals surface area contributed by atoms with E-state index in [1.807, 2.05) is 0 Å². The maximum atomic E-state index is 14.5. The summed E-state index contributed by atoms with van der Waals surface area (Å²) < 4.78 is 97.9. The van der Waals surface area contributed by atoms with Crippen molar-refractivity contribution in [2.24, 2.45) is 5.92 Å². The van der Waals surface area contributed by atoms with Crippen molar-refractivity contribution >= 4 is 31.6 Å². The van der Waals surface area contributed by atoms with Crippen LogP contribution in [0.4, 0.5) is 19.0 Å². The van der Waals surface area contributed by atoms with E-state index < -0.39 is 60.6 Å². The van der Waals surface area contributed by atoms with Gasteiger partial charge in [-0.25, -0.2) is 26.5 Å². The van der Waals surface area contributed by atoms with Crippen LogP contribution in [0.1, 0.15) is 35.9 Å². The molecule has 1 aliphatic carbocycles. The first-order valence-electron chi connectivity index (χ1n) is 12.1. The molecular formula is C24H28F3N5O6S2. The Morgan fingerprint density at radius 3 is 2.27 bits per heavy atom. The molecule has 2 fully saturated rings. The molecule has 0 spiro atoms. The van der Waals surface area contributed by atoms with Gasteiger partial charge in [0.05, 0.1) is 18.3 Å². The van der Waals surface area contributed by atoms with Crippen LogP contribution in [0.2, 0.25) is 0 Å². The van der Waals surface area contributed by atoms with Crippen molar-refractivity contribution in [1.82, 2.24) is 20.0 Å². The Bertz CT molecular complexity index is 1520. The number of rotatable bonds is 11. The third-order valence-corrected chi connectivity index (χ3v) is 7.69. The number of sulfonamides is 1. The molecule has 218 valence electrons. The summed E-state index contributed by atoms with van der Waals surface area (Å²) in [6, 6.07) is 6.35. The van der Waals surface area contributed by atoms with Gasteiger partial charge < -0.3 is 15.0 Å². The molecule has 16 heteroatoms. The number of nitrogens with one attached hydrogen (secondary N) is 2. The molecule has 1 unspecified atom stereocenters. The molecule has 40 heavy (non-hydrogen) atoms. The lowest BCUT2D eigenvalue weighted by Gasteiger charge is -2.41. The average Bonchev–Trinajstić information content (AvgIpc) is 3.64. The van der Waals surface area contributed by atoms with Crippen molar-refractivity contribution in [1.29, 1.82) is 0 Å². The molecule has 1 aliphatic heterocycles. The first-order chi connectivity index (χ1) is 18.5. The molecular weight excluding hydrogens is 575 g/mol. The summed E-state index contributed by atoms with van der Waals surface area (Å²) in [6.45, 7) is 0.571. The van der Waals surface area contributed by atoms with E-state index >= 15 is 0 Å². The topological polar surface area (TPSA) is 148 Å². The predicted molar refractivity (Wildman–Crippen MR) is 140 cm³/mol. The highest BCUT2D eigenvalue weighted by molar-refractivity contribution is 7.94. The summed E-state index contributed by atoms with van der Waals surface area (Å²) in [5, 5.41) is 1.15. The van der Waals surface area contributed by atoms with Crippen LogP contribution in [-0.2, 0) is 25.8 Å². The van der Waals surface area contributed by atoms with Crippen LogP contribution in [0.5, 0.6) is 11.6 Å². The minimum Gasteiger partial charge on any atom is -0.438 e. The Kier molecular flexibility index (Phi) is 8.15. The van der Waals surface area contributed by atoms with Crippen LogP contribution in [0.25, 0.3) is 0 Å². The Labute approximate surface area is 229 Å². The highest BCUT2D eigenvalue weighted by Crippen LogP contribution is 2.38. The number of nitrogens with zero attached hydrogens (tertiary/aromatic N) is 3. The van der Waals surface area contributed by atoms with Gasteiger partial charge in [0.25, 0.3) is 5.91 Å². The van der Waals surface area contributed by atoms with E-state index in [4.69, 9.17) is 4.74 Å². The van der Waals surface area contributed by atoms with E-state index in [1.54, 1.807) is 18.2 Å². The molecule has 2 heterocycles. The maximum Gasteiger partial charge on any atom is 0.304 e. The number of sulfone groups is 1. The van der Waals surface area contributed by atoms with Gasteiger partial charge in [-0.05, 0) is 37.0 Å². The minimum atomic E-state index is -4.17. The van der Waals surface area contributed by atoms with Crippen molar-refractivity contribution in [3.05, 3.63) is 53.0 Å². The van der Waals surface area contributed by atoms with Gasteiger partial charge in [0.15, 0.2) is 0 Å². The number of amides is 1. The number of hydrogen-bond donors (Lipinski definition) is 2. The van der Waals surface area contributed by atoms with E-state index in [-0.39, 0.29) is 36.1 Å². The molecule has 1 amide bonds. The fourth-order valence-corrected chi connectivity index (χ4v) is 5.14. The van der Waals surface area contributed by atoms with Gasteiger partial charge in [0.2, 0.25) is 36.7 Å². The normalized spacial score (nSPS) is 17.8. The van der Waals surface area contributed by atoms with Gasteiger partial charge in [0.1, 0.15) is 17.1 Å². The molecule has 11 nitrogen and oxygen atoms in total. The highest BCUT2D eigenvalue weighted by Gasteiger charge is 2.40. The summed E-state index contributed by atoms with van der Waals surface area (Å²) in [4.78, 5) is 22.9. The Morgan fingerprint density at radius 1 is 1.12 bits per heavy atom. The fraction of sp³-hybridized carbons (Fsp3) is 0.458. The molecule has 1 aromatic heterocycles. The lowest BCUT2D eigenvalue weighted by Crippen LogP contribution is -2.60. The molecule has 1 saturated heterocycles. The lowest BCUT2D eigenvalue weighted by molar-refractivity contribution is 0.00715. The standard InChI is InChI=1S/C24H28F3N5O6S2/c1-24(26,27)23-29-20(32-12-15(13-32)31-40(3,36)37)19(22(30-23)38-16-7-5-4-6-8-16)21(33)28-17(14-9-10-14)11-18(25)39(2,34)35/h4-8,11,14-15,17,31H,9-10,12-13H2,1-3H3,(H,28,33)/b18-11+. The number of halogens is 3.